The Bertz CT molecular complexity index is 391. The Balaban J connectivity index is 2.58. The summed E-state index contributed by atoms with van der Waals surface area (Å²) in [5, 5.41) is 15.4. The molecule has 0 aliphatic rings. The van der Waals surface area contributed by atoms with Gasteiger partial charge in [-0.05, 0) is 31.9 Å². The molecule has 18 heavy (non-hydrogen) atoms. The quantitative estimate of drug-likeness (QED) is 0.722. The topological polar surface area (TPSA) is 61.4 Å². The fraction of sp³-hybridized carbons (Fsp3) is 0.500. The smallest absolute Gasteiger partial charge is 0.221 e. The molecule has 4 heteroatoms. The van der Waals surface area contributed by atoms with Crippen LogP contribution >= 0.6 is 0 Å². The zero-order valence-electron chi connectivity index (χ0n) is 11.2. The van der Waals surface area contributed by atoms with E-state index < -0.39 is 0 Å². The van der Waals surface area contributed by atoms with Crippen molar-refractivity contribution in [2.24, 2.45) is 0 Å². The number of carbonyl (C=O) groups is 1. The van der Waals surface area contributed by atoms with Gasteiger partial charge in [0.15, 0.2) is 0 Å². The van der Waals surface area contributed by atoms with Gasteiger partial charge in [0.1, 0.15) is 0 Å². The summed E-state index contributed by atoms with van der Waals surface area (Å²) in [6, 6.07) is 7.94. The van der Waals surface area contributed by atoms with Gasteiger partial charge in [0.25, 0.3) is 0 Å². The number of aliphatic hydroxyl groups excluding tert-OH is 1. The summed E-state index contributed by atoms with van der Waals surface area (Å²) in [5.74, 6) is -0.0699. The summed E-state index contributed by atoms with van der Waals surface area (Å²) in [4.78, 5) is 11.1. The fourth-order valence-electron chi connectivity index (χ4n) is 1.87. The lowest BCUT2D eigenvalue weighted by Crippen LogP contribution is -2.29. The molecule has 0 radical (unpaired) electrons. The number of carbonyl (C=O) groups excluding carboxylic acids is 1. The van der Waals surface area contributed by atoms with Crippen molar-refractivity contribution < 1.29 is 9.90 Å². The van der Waals surface area contributed by atoms with Gasteiger partial charge in [-0.1, -0.05) is 18.2 Å². The van der Waals surface area contributed by atoms with Crippen molar-refractivity contribution in [3.63, 3.8) is 0 Å². The van der Waals surface area contributed by atoms with Crippen LogP contribution in [0.2, 0.25) is 0 Å². The molecule has 1 amide bonds. The number of rotatable bonds is 6. The molecule has 3 N–H and O–H groups in total. The minimum Gasteiger partial charge on any atom is -0.393 e. The molecule has 1 aromatic carbocycles. The summed E-state index contributed by atoms with van der Waals surface area (Å²) >= 11 is 0. The Morgan fingerprint density at radius 1 is 1.33 bits per heavy atom. The van der Waals surface area contributed by atoms with Crippen LogP contribution in [-0.4, -0.2) is 23.2 Å². The average Bonchev–Trinajstić information content (AvgIpc) is 2.26. The van der Waals surface area contributed by atoms with Crippen LogP contribution in [0.15, 0.2) is 24.3 Å². The van der Waals surface area contributed by atoms with Crippen molar-refractivity contribution in [2.75, 3.05) is 5.32 Å². The monoisotopic (exact) mass is 250 g/mol. The summed E-state index contributed by atoms with van der Waals surface area (Å²) < 4.78 is 0. The van der Waals surface area contributed by atoms with E-state index in [4.69, 9.17) is 0 Å². The van der Waals surface area contributed by atoms with Crippen molar-refractivity contribution in [1.82, 2.24) is 5.32 Å². The lowest BCUT2D eigenvalue weighted by molar-refractivity contribution is -0.114. The highest BCUT2D eigenvalue weighted by molar-refractivity contribution is 5.89. The Morgan fingerprint density at radius 2 is 2.00 bits per heavy atom. The first-order valence-electron chi connectivity index (χ1n) is 6.26. The van der Waals surface area contributed by atoms with E-state index >= 15 is 0 Å². The number of hydrogen-bond donors (Lipinski definition) is 3. The van der Waals surface area contributed by atoms with Crippen LogP contribution < -0.4 is 10.6 Å². The highest BCUT2D eigenvalue weighted by atomic mass is 16.3. The molecule has 1 rings (SSSR count). The van der Waals surface area contributed by atoms with Crippen molar-refractivity contribution in [3.8, 4) is 0 Å². The SMILES string of the molecule is CC(=O)Nc1ccccc1CNC(C)CC(C)O. The maximum absolute atomic E-state index is 11.1. The molecule has 0 aliphatic carbocycles. The van der Waals surface area contributed by atoms with Crippen molar-refractivity contribution in [3.05, 3.63) is 29.8 Å². The van der Waals surface area contributed by atoms with Crippen LogP contribution in [0.1, 0.15) is 32.8 Å². The Morgan fingerprint density at radius 3 is 2.61 bits per heavy atom. The van der Waals surface area contributed by atoms with Gasteiger partial charge in [-0.25, -0.2) is 0 Å². The van der Waals surface area contributed by atoms with Gasteiger partial charge < -0.3 is 15.7 Å². The van der Waals surface area contributed by atoms with Crippen LogP contribution in [0.25, 0.3) is 0 Å². The van der Waals surface area contributed by atoms with Gasteiger partial charge in [0.05, 0.1) is 6.10 Å². The van der Waals surface area contributed by atoms with E-state index in [1.807, 2.05) is 31.2 Å². The molecule has 1 aromatic rings. The second kappa shape index (κ2) is 7.13. The highest BCUT2D eigenvalue weighted by Crippen LogP contribution is 2.15. The second-order valence-electron chi connectivity index (χ2n) is 4.71. The zero-order valence-corrected chi connectivity index (χ0v) is 11.2. The Hall–Kier alpha value is -1.39. The number of amides is 1. The molecule has 4 nitrogen and oxygen atoms in total. The molecule has 0 saturated heterocycles. The van der Waals surface area contributed by atoms with E-state index in [1.165, 1.54) is 6.92 Å². The molecule has 0 aliphatic heterocycles. The van der Waals surface area contributed by atoms with E-state index in [0.717, 1.165) is 11.3 Å². The summed E-state index contributed by atoms with van der Waals surface area (Å²) in [7, 11) is 0. The first-order valence-corrected chi connectivity index (χ1v) is 6.26. The molecule has 100 valence electrons. The maximum atomic E-state index is 11.1. The average molecular weight is 250 g/mol. The predicted molar refractivity (Wildman–Crippen MR) is 73.3 cm³/mol. The third kappa shape index (κ3) is 5.29. The lowest BCUT2D eigenvalue weighted by Gasteiger charge is -2.17. The largest absolute Gasteiger partial charge is 0.393 e. The molecule has 0 heterocycles. The number of hydrogen-bond acceptors (Lipinski definition) is 3. The number of anilines is 1. The van der Waals surface area contributed by atoms with Crippen LogP contribution in [0, 0.1) is 0 Å². The standard InChI is InChI=1S/C14H22N2O2/c1-10(8-11(2)17)15-9-13-6-4-5-7-14(13)16-12(3)18/h4-7,10-11,15,17H,8-9H2,1-3H3,(H,16,18). The number of benzene rings is 1. The molecule has 0 aromatic heterocycles. The predicted octanol–water partition coefficient (Wildman–Crippen LogP) is 1.89. The van der Waals surface area contributed by atoms with E-state index in [2.05, 4.69) is 10.6 Å². The summed E-state index contributed by atoms with van der Waals surface area (Å²) in [6.07, 6.45) is 0.403. The molecule has 0 bridgehead atoms. The molecular weight excluding hydrogens is 228 g/mol. The zero-order chi connectivity index (χ0) is 13.5. The number of para-hydroxylation sites is 1. The number of nitrogens with one attached hydrogen (secondary N) is 2. The Labute approximate surface area is 108 Å². The maximum Gasteiger partial charge on any atom is 0.221 e. The van der Waals surface area contributed by atoms with E-state index in [9.17, 15) is 9.90 Å². The first kappa shape index (κ1) is 14.7. The molecule has 0 fully saturated rings. The fourth-order valence-corrected chi connectivity index (χ4v) is 1.87. The van der Waals surface area contributed by atoms with E-state index in [1.54, 1.807) is 6.92 Å². The van der Waals surface area contributed by atoms with Crippen LogP contribution in [0.4, 0.5) is 5.69 Å². The second-order valence-corrected chi connectivity index (χ2v) is 4.71. The van der Waals surface area contributed by atoms with Crippen LogP contribution in [0.5, 0.6) is 0 Å². The van der Waals surface area contributed by atoms with Crippen molar-refractivity contribution in [1.29, 1.82) is 0 Å². The molecule has 0 saturated carbocycles. The lowest BCUT2D eigenvalue weighted by atomic mass is 10.1. The minimum atomic E-state index is -0.307. The molecule has 0 spiro atoms. The first-order chi connectivity index (χ1) is 8.49. The van der Waals surface area contributed by atoms with Gasteiger partial charge in [0.2, 0.25) is 5.91 Å². The van der Waals surface area contributed by atoms with Gasteiger partial charge in [-0.2, -0.15) is 0 Å². The highest BCUT2D eigenvalue weighted by Gasteiger charge is 2.07. The molecular formula is C14H22N2O2. The van der Waals surface area contributed by atoms with E-state index in [0.29, 0.717) is 13.0 Å². The van der Waals surface area contributed by atoms with Crippen LogP contribution in [0.3, 0.4) is 0 Å². The van der Waals surface area contributed by atoms with Gasteiger partial charge in [0, 0.05) is 25.2 Å². The van der Waals surface area contributed by atoms with E-state index in [-0.39, 0.29) is 18.1 Å². The van der Waals surface area contributed by atoms with Crippen molar-refractivity contribution in [2.45, 2.75) is 45.9 Å². The minimum absolute atomic E-state index is 0.0699. The summed E-state index contributed by atoms with van der Waals surface area (Å²) in [5.41, 5.74) is 1.88. The third-order valence-corrected chi connectivity index (χ3v) is 2.66. The number of aliphatic hydroxyl groups is 1. The third-order valence-electron chi connectivity index (χ3n) is 2.66. The molecule has 2 unspecified atom stereocenters. The van der Waals surface area contributed by atoms with Crippen LogP contribution in [-0.2, 0) is 11.3 Å². The normalized spacial score (nSPS) is 14.0. The molecule has 2 atom stereocenters. The van der Waals surface area contributed by atoms with Gasteiger partial charge >= 0.3 is 0 Å². The van der Waals surface area contributed by atoms with Gasteiger partial charge in [-0.3, -0.25) is 4.79 Å². The van der Waals surface area contributed by atoms with Crippen molar-refractivity contribution >= 4 is 11.6 Å². The summed E-state index contributed by atoms with van der Waals surface area (Å²) in [6.45, 7) is 5.99. The van der Waals surface area contributed by atoms with Gasteiger partial charge in [-0.15, -0.1) is 0 Å². The Kier molecular flexibility index (Phi) is 5.82.